The van der Waals surface area contributed by atoms with Gasteiger partial charge in [-0.15, -0.1) is 0 Å². The first kappa shape index (κ1) is 12.1. The molecule has 0 N–H and O–H groups in total. The fourth-order valence-electron chi connectivity index (χ4n) is 1.10. The number of rotatable bonds is 3. The molecule has 1 rings (SSSR count). The molecular weight excluding hydrogens is 208 g/mol. The third-order valence-corrected chi connectivity index (χ3v) is 2.00. The van der Waals surface area contributed by atoms with Gasteiger partial charge in [0.15, 0.2) is 0 Å². The largest absolute Gasteiger partial charge is 0.489 e. The SMILES string of the molecule is CC(C)(C)/C=C/COc1cccc(Cl)c1. The fourth-order valence-corrected chi connectivity index (χ4v) is 1.28. The van der Waals surface area contributed by atoms with E-state index in [9.17, 15) is 0 Å². The van der Waals surface area contributed by atoms with Crippen LogP contribution in [-0.2, 0) is 0 Å². The van der Waals surface area contributed by atoms with Crippen molar-refractivity contribution in [2.45, 2.75) is 20.8 Å². The fraction of sp³-hybridized carbons (Fsp3) is 0.385. The van der Waals surface area contributed by atoms with Gasteiger partial charge in [0, 0.05) is 5.02 Å². The molecule has 15 heavy (non-hydrogen) atoms. The average Bonchev–Trinajstić information content (AvgIpc) is 2.11. The smallest absolute Gasteiger partial charge is 0.121 e. The Morgan fingerprint density at radius 2 is 2.07 bits per heavy atom. The van der Waals surface area contributed by atoms with Gasteiger partial charge in [-0.05, 0) is 23.6 Å². The molecule has 0 aliphatic rings. The minimum atomic E-state index is 0.206. The van der Waals surface area contributed by atoms with Crippen molar-refractivity contribution in [2.24, 2.45) is 5.41 Å². The van der Waals surface area contributed by atoms with E-state index in [1.54, 1.807) is 0 Å². The van der Waals surface area contributed by atoms with Gasteiger partial charge in [-0.1, -0.05) is 50.6 Å². The van der Waals surface area contributed by atoms with Crippen LogP contribution in [0.2, 0.25) is 5.02 Å². The molecule has 0 spiro atoms. The number of hydrogen-bond donors (Lipinski definition) is 0. The van der Waals surface area contributed by atoms with Gasteiger partial charge in [0.2, 0.25) is 0 Å². The maximum absolute atomic E-state index is 5.83. The van der Waals surface area contributed by atoms with E-state index < -0.39 is 0 Å². The average molecular weight is 225 g/mol. The van der Waals surface area contributed by atoms with Crippen molar-refractivity contribution in [1.29, 1.82) is 0 Å². The van der Waals surface area contributed by atoms with Crippen molar-refractivity contribution in [3.05, 3.63) is 41.4 Å². The van der Waals surface area contributed by atoms with Crippen LogP contribution in [0.3, 0.4) is 0 Å². The number of allylic oxidation sites excluding steroid dienone is 1. The highest BCUT2D eigenvalue weighted by molar-refractivity contribution is 6.30. The second-order valence-electron chi connectivity index (χ2n) is 4.54. The van der Waals surface area contributed by atoms with Crippen LogP contribution < -0.4 is 4.74 Å². The molecule has 82 valence electrons. The quantitative estimate of drug-likeness (QED) is 0.695. The van der Waals surface area contributed by atoms with Gasteiger partial charge in [-0.3, -0.25) is 0 Å². The molecule has 0 heterocycles. The van der Waals surface area contributed by atoms with Gasteiger partial charge in [0.25, 0.3) is 0 Å². The Balaban J connectivity index is 2.42. The van der Waals surface area contributed by atoms with Crippen molar-refractivity contribution in [3.8, 4) is 5.75 Å². The Labute approximate surface area is 96.7 Å². The van der Waals surface area contributed by atoms with Crippen molar-refractivity contribution in [2.75, 3.05) is 6.61 Å². The predicted octanol–water partition coefficient (Wildman–Crippen LogP) is 4.32. The Morgan fingerprint density at radius 3 is 2.67 bits per heavy atom. The number of benzene rings is 1. The standard InChI is InChI=1S/C13H17ClO/c1-13(2,3)8-5-9-15-12-7-4-6-11(14)10-12/h4-8,10H,9H2,1-3H3/b8-5+. The van der Waals surface area contributed by atoms with Crippen molar-refractivity contribution in [3.63, 3.8) is 0 Å². The molecule has 0 fully saturated rings. The van der Waals surface area contributed by atoms with Gasteiger partial charge in [-0.2, -0.15) is 0 Å². The zero-order valence-electron chi connectivity index (χ0n) is 9.46. The zero-order valence-corrected chi connectivity index (χ0v) is 10.2. The summed E-state index contributed by atoms with van der Waals surface area (Å²) in [6.45, 7) is 7.05. The summed E-state index contributed by atoms with van der Waals surface area (Å²) < 4.78 is 5.51. The van der Waals surface area contributed by atoms with Crippen molar-refractivity contribution < 1.29 is 4.74 Å². The van der Waals surface area contributed by atoms with E-state index in [1.165, 1.54) is 0 Å². The second kappa shape index (κ2) is 5.22. The lowest BCUT2D eigenvalue weighted by atomic mass is 9.96. The minimum Gasteiger partial charge on any atom is -0.489 e. The topological polar surface area (TPSA) is 9.23 Å². The Bertz CT molecular complexity index is 337. The number of ether oxygens (including phenoxy) is 1. The van der Waals surface area contributed by atoms with Gasteiger partial charge in [-0.25, -0.2) is 0 Å². The molecule has 0 aromatic heterocycles. The van der Waals surface area contributed by atoms with Gasteiger partial charge < -0.3 is 4.74 Å². The first-order chi connectivity index (χ1) is 6.97. The zero-order chi connectivity index (χ0) is 11.3. The van der Waals surface area contributed by atoms with Gasteiger partial charge in [0.05, 0.1) is 0 Å². The van der Waals surface area contributed by atoms with E-state index in [-0.39, 0.29) is 5.41 Å². The summed E-state index contributed by atoms with van der Waals surface area (Å²) in [6, 6.07) is 7.42. The number of halogens is 1. The molecule has 0 aliphatic heterocycles. The lowest BCUT2D eigenvalue weighted by molar-refractivity contribution is 0.360. The van der Waals surface area contributed by atoms with E-state index in [2.05, 4.69) is 26.8 Å². The maximum atomic E-state index is 5.83. The van der Waals surface area contributed by atoms with E-state index >= 15 is 0 Å². The van der Waals surface area contributed by atoms with Crippen LogP contribution in [0.4, 0.5) is 0 Å². The molecule has 2 heteroatoms. The highest BCUT2D eigenvalue weighted by Crippen LogP contribution is 2.18. The molecule has 0 saturated carbocycles. The molecule has 0 atom stereocenters. The molecule has 1 nitrogen and oxygen atoms in total. The summed E-state index contributed by atoms with van der Waals surface area (Å²) in [5.41, 5.74) is 0.206. The van der Waals surface area contributed by atoms with Crippen molar-refractivity contribution in [1.82, 2.24) is 0 Å². The lowest BCUT2D eigenvalue weighted by Gasteiger charge is -2.11. The summed E-state index contributed by atoms with van der Waals surface area (Å²) in [5, 5.41) is 0.701. The lowest BCUT2D eigenvalue weighted by Crippen LogP contribution is -2.01. The Kier molecular flexibility index (Phi) is 4.22. The van der Waals surface area contributed by atoms with Crippen LogP contribution in [0.1, 0.15) is 20.8 Å². The van der Waals surface area contributed by atoms with Crippen LogP contribution in [-0.4, -0.2) is 6.61 Å². The highest BCUT2D eigenvalue weighted by atomic mass is 35.5. The Hall–Kier alpha value is -0.950. The van der Waals surface area contributed by atoms with Crippen LogP contribution in [0, 0.1) is 5.41 Å². The van der Waals surface area contributed by atoms with Crippen LogP contribution >= 0.6 is 11.6 Å². The van der Waals surface area contributed by atoms with Crippen molar-refractivity contribution >= 4 is 11.6 Å². The highest BCUT2D eigenvalue weighted by Gasteiger charge is 2.02. The molecule has 1 aromatic rings. The van der Waals surface area contributed by atoms with Crippen LogP contribution in [0.25, 0.3) is 0 Å². The van der Waals surface area contributed by atoms with E-state index in [0.717, 1.165) is 5.75 Å². The molecule has 0 amide bonds. The number of hydrogen-bond acceptors (Lipinski definition) is 1. The van der Waals surface area contributed by atoms with E-state index in [1.807, 2.05) is 30.3 Å². The third-order valence-electron chi connectivity index (χ3n) is 1.76. The summed E-state index contributed by atoms with van der Waals surface area (Å²) in [6.07, 6.45) is 4.17. The first-order valence-electron chi connectivity index (χ1n) is 5.03. The summed E-state index contributed by atoms with van der Waals surface area (Å²) in [5.74, 6) is 0.807. The van der Waals surface area contributed by atoms with Crippen LogP contribution in [0.5, 0.6) is 5.75 Å². The summed E-state index contributed by atoms with van der Waals surface area (Å²) in [4.78, 5) is 0. The van der Waals surface area contributed by atoms with E-state index in [4.69, 9.17) is 16.3 Å². The molecule has 0 aliphatic carbocycles. The maximum Gasteiger partial charge on any atom is 0.121 e. The molecule has 0 bridgehead atoms. The second-order valence-corrected chi connectivity index (χ2v) is 4.97. The van der Waals surface area contributed by atoms with Crippen LogP contribution in [0.15, 0.2) is 36.4 Å². The molecule has 0 unspecified atom stereocenters. The first-order valence-corrected chi connectivity index (χ1v) is 5.41. The predicted molar refractivity (Wildman–Crippen MR) is 65.5 cm³/mol. The summed E-state index contributed by atoms with van der Waals surface area (Å²) >= 11 is 5.83. The minimum absolute atomic E-state index is 0.206. The van der Waals surface area contributed by atoms with Gasteiger partial charge >= 0.3 is 0 Å². The molecular formula is C13H17ClO. The third kappa shape index (κ3) is 5.48. The van der Waals surface area contributed by atoms with Gasteiger partial charge in [0.1, 0.15) is 12.4 Å². The Morgan fingerprint density at radius 1 is 1.33 bits per heavy atom. The summed E-state index contributed by atoms with van der Waals surface area (Å²) in [7, 11) is 0. The monoisotopic (exact) mass is 224 g/mol. The normalized spacial score (nSPS) is 12.0. The molecule has 0 saturated heterocycles. The van der Waals surface area contributed by atoms with E-state index in [0.29, 0.717) is 11.6 Å². The molecule has 0 radical (unpaired) electrons. The molecule has 1 aromatic carbocycles.